The molecular formula is C14H17N3O3S. The molecule has 0 saturated heterocycles. The molecule has 21 heavy (non-hydrogen) atoms. The van der Waals surface area contributed by atoms with E-state index in [4.69, 9.17) is 0 Å². The number of phenolic OH excluding ortho intramolecular Hbond substituents is 2. The number of phenols is 2. The highest BCUT2D eigenvalue weighted by atomic mass is 32.1. The SMILES string of the molecule is CCNC(C)c1csc(NC(=O)c2cc(O)cc(O)c2)n1. The zero-order valence-electron chi connectivity index (χ0n) is 11.8. The van der Waals surface area contributed by atoms with Gasteiger partial charge in [0.2, 0.25) is 0 Å². The third kappa shape index (κ3) is 3.93. The Kier molecular flexibility index (Phi) is 4.77. The zero-order chi connectivity index (χ0) is 15.4. The number of carbonyl (C=O) groups excluding carboxylic acids is 1. The Bertz CT molecular complexity index is 622. The number of nitrogens with one attached hydrogen (secondary N) is 2. The first-order valence-electron chi connectivity index (χ1n) is 6.52. The van der Waals surface area contributed by atoms with Crippen molar-refractivity contribution >= 4 is 22.4 Å². The zero-order valence-corrected chi connectivity index (χ0v) is 12.6. The minimum absolute atomic E-state index is 0.113. The van der Waals surface area contributed by atoms with Crippen molar-refractivity contribution in [3.63, 3.8) is 0 Å². The number of nitrogens with zero attached hydrogens (tertiary/aromatic N) is 1. The average Bonchev–Trinajstić information content (AvgIpc) is 2.86. The van der Waals surface area contributed by atoms with Gasteiger partial charge >= 0.3 is 0 Å². The second kappa shape index (κ2) is 6.55. The van der Waals surface area contributed by atoms with E-state index in [1.807, 2.05) is 19.2 Å². The van der Waals surface area contributed by atoms with Crippen molar-refractivity contribution in [1.29, 1.82) is 0 Å². The molecule has 1 aromatic carbocycles. The number of rotatable bonds is 5. The Morgan fingerprint density at radius 2 is 2.00 bits per heavy atom. The third-order valence-corrected chi connectivity index (χ3v) is 3.64. The lowest BCUT2D eigenvalue weighted by atomic mass is 10.2. The molecule has 1 atom stereocenters. The molecule has 2 rings (SSSR count). The van der Waals surface area contributed by atoms with Crippen LogP contribution in [-0.4, -0.2) is 27.6 Å². The summed E-state index contributed by atoms with van der Waals surface area (Å²) in [5.41, 5.74) is 1.03. The van der Waals surface area contributed by atoms with Crippen LogP contribution in [0.1, 0.15) is 35.9 Å². The maximum atomic E-state index is 12.0. The molecule has 0 bridgehead atoms. The average molecular weight is 307 g/mol. The summed E-state index contributed by atoms with van der Waals surface area (Å²) in [6, 6.07) is 3.84. The van der Waals surface area contributed by atoms with Gasteiger partial charge in [-0.15, -0.1) is 11.3 Å². The number of anilines is 1. The summed E-state index contributed by atoms with van der Waals surface area (Å²) < 4.78 is 0. The summed E-state index contributed by atoms with van der Waals surface area (Å²) in [4.78, 5) is 16.4. The summed E-state index contributed by atoms with van der Waals surface area (Å²) in [5.74, 6) is -0.764. The first-order chi connectivity index (χ1) is 9.99. The molecule has 0 saturated carbocycles. The Hall–Kier alpha value is -2.12. The highest BCUT2D eigenvalue weighted by Gasteiger charge is 2.13. The van der Waals surface area contributed by atoms with Crippen LogP contribution in [0.4, 0.5) is 5.13 Å². The van der Waals surface area contributed by atoms with Crippen LogP contribution in [0.15, 0.2) is 23.6 Å². The van der Waals surface area contributed by atoms with Gasteiger partial charge in [0.15, 0.2) is 5.13 Å². The van der Waals surface area contributed by atoms with Crippen LogP contribution in [-0.2, 0) is 0 Å². The van der Waals surface area contributed by atoms with E-state index < -0.39 is 5.91 Å². The first-order valence-corrected chi connectivity index (χ1v) is 7.40. The summed E-state index contributed by atoms with van der Waals surface area (Å²) in [6.07, 6.45) is 0. The molecule has 0 aliphatic carbocycles. The number of hydrogen-bond donors (Lipinski definition) is 4. The second-order valence-electron chi connectivity index (χ2n) is 4.55. The number of carbonyl (C=O) groups is 1. The molecule has 0 fully saturated rings. The molecule has 1 heterocycles. The standard InChI is InChI=1S/C14H17N3O3S/c1-3-15-8(2)12-7-21-14(16-12)17-13(20)9-4-10(18)6-11(19)5-9/h4-8,15,18-19H,3H2,1-2H3,(H,16,17,20). The molecule has 4 N–H and O–H groups in total. The van der Waals surface area contributed by atoms with Gasteiger partial charge in [-0.3, -0.25) is 10.1 Å². The number of hydrogen-bond acceptors (Lipinski definition) is 6. The maximum absolute atomic E-state index is 12.0. The Balaban J connectivity index is 2.09. The highest BCUT2D eigenvalue weighted by Crippen LogP contribution is 2.23. The molecule has 7 heteroatoms. The van der Waals surface area contributed by atoms with E-state index in [0.717, 1.165) is 18.3 Å². The van der Waals surface area contributed by atoms with E-state index in [0.29, 0.717) is 5.13 Å². The van der Waals surface area contributed by atoms with Gasteiger partial charge in [0.05, 0.1) is 5.69 Å². The molecule has 0 radical (unpaired) electrons. The smallest absolute Gasteiger partial charge is 0.257 e. The van der Waals surface area contributed by atoms with E-state index >= 15 is 0 Å². The van der Waals surface area contributed by atoms with Crippen molar-refractivity contribution in [2.75, 3.05) is 11.9 Å². The summed E-state index contributed by atoms with van der Waals surface area (Å²) in [6.45, 7) is 4.85. The van der Waals surface area contributed by atoms with Crippen LogP contribution in [0.25, 0.3) is 0 Å². The van der Waals surface area contributed by atoms with Gasteiger partial charge in [-0.1, -0.05) is 6.92 Å². The fourth-order valence-corrected chi connectivity index (χ4v) is 2.65. The summed E-state index contributed by atoms with van der Waals surface area (Å²) in [7, 11) is 0. The molecule has 2 aromatic rings. The van der Waals surface area contributed by atoms with Crippen LogP contribution in [0.3, 0.4) is 0 Å². The van der Waals surface area contributed by atoms with E-state index in [9.17, 15) is 15.0 Å². The molecule has 1 unspecified atom stereocenters. The monoisotopic (exact) mass is 307 g/mol. The van der Waals surface area contributed by atoms with Gasteiger partial charge in [0, 0.05) is 23.1 Å². The lowest BCUT2D eigenvalue weighted by Crippen LogP contribution is -2.18. The van der Waals surface area contributed by atoms with Crippen LogP contribution in [0.2, 0.25) is 0 Å². The fraction of sp³-hybridized carbons (Fsp3) is 0.286. The van der Waals surface area contributed by atoms with Gasteiger partial charge in [0.25, 0.3) is 5.91 Å². The third-order valence-electron chi connectivity index (χ3n) is 2.86. The van der Waals surface area contributed by atoms with Gasteiger partial charge < -0.3 is 15.5 Å². The largest absolute Gasteiger partial charge is 0.508 e. The van der Waals surface area contributed by atoms with E-state index in [2.05, 4.69) is 15.6 Å². The van der Waals surface area contributed by atoms with Crippen LogP contribution < -0.4 is 10.6 Å². The molecule has 6 nitrogen and oxygen atoms in total. The Labute approximate surface area is 126 Å². The Morgan fingerprint density at radius 1 is 1.33 bits per heavy atom. The highest BCUT2D eigenvalue weighted by molar-refractivity contribution is 7.14. The number of aromatic hydroxyl groups is 2. The predicted octanol–water partition coefficient (Wildman–Crippen LogP) is 2.48. The second-order valence-corrected chi connectivity index (χ2v) is 5.41. The van der Waals surface area contributed by atoms with Crippen molar-refractivity contribution in [3.8, 4) is 11.5 Å². The van der Waals surface area contributed by atoms with Gasteiger partial charge in [-0.25, -0.2) is 4.98 Å². The van der Waals surface area contributed by atoms with E-state index in [-0.39, 0.29) is 23.1 Å². The molecule has 1 aromatic heterocycles. The minimum atomic E-state index is -0.432. The van der Waals surface area contributed by atoms with Crippen LogP contribution in [0, 0.1) is 0 Å². The van der Waals surface area contributed by atoms with Crippen molar-refractivity contribution in [3.05, 3.63) is 34.8 Å². The van der Waals surface area contributed by atoms with Crippen molar-refractivity contribution in [2.45, 2.75) is 19.9 Å². The van der Waals surface area contributed by atoms with Gasteiger partial charge in [-0.05, 0) is 25.6 Å². The predicted molar refractivity (Wildman–Crippen MR) is 81.9 cm³/mol. The molecule has 0 spiro atoms. The first kappa shape index (κ1) is 15.3. The van der Waals surface area contributed by atoms with Crippen molar-refractivity contribution < 1.29 is 15.0 Å². The lowest BCUT2D eigenvalue weighted by Gasteiger charge is -2.08. The molecule has 0 aliphatic heterocycles. The minimum Gasteiger partial charge on any atom is -0.508 e. The van der Waals surface area contributed by atoms with Crippen LogP contribution >= 0.6 is 11.3 Å². The molecule has 112 valence electrons. The molecule has 0 aliphatic rings. The summed E-state index contributed by atoms with van der Waals surface area (Å²) >= 11 is 1.33. The summed E-state index contributed by atoms with van der Waals surface area (Å²) in [5, 5.41) is 27.0. The normalized spacial score (nSPS) is 12.1. The van der Waals surface area contributed by atoms with Crippen molar-refractivity contribution in [2.24, 2.45) is 0 Å². The lowest BCUT2D eigenvalue weighted by molar-refractivity contribution is 0.102. The fourth-order valence-electron chi connectivity index (χ4n) is 1.85. The van der Waals surface area contributed by atoms with Gasteiger partial charge in [-0.2, -0.15) is 0 Å². The number of benzene rings is 1. The van der Waals surface area contributed by atoms with Crippen LogP contribution in [0.5, 0.6) is 11.5 Å². The number of aromatic nitrogens is 1. The topological polar surface area (TPSA) is 94.5 Å². The van der Waals surface area contributed by atoms with E-state index in [1.54, 1.807) is 0 Å². The maximum Gasteiger partial charge on any atom is 0.257 e. The molecular weight excluding hydrogens is 290 g/mol. The van der Waals surface area contributed by atoms with Crippen molar-refractivity contribution in [1.82, 2.24) is 10.3 Å². The molecule has 1 amide bonds. The number of thiazole rings is 1. The quantitative estimate of drug-likeness (QED) is 0.681. The number of amides is 1. The van der Waals surface area contributed by atoms with E-state index in [1.165, 1.54) is 23.5 Å². The Morgan fingerprint density at radius 3 is 2.62 bits per heavy atom. The van der Waals surface area contributed by atoms with Gasteiger partial charge in [0.1, 0.15) is 11.5 Å².